The SMILES string of the molecule is CCOC(=O)C(C#N)CCC(F)(F)F. The van der Waals surface area contributed by atoms with Gasteiger partial charge in [-0.2, -0.15) is 18.4 Å². The van der Waals surface area contributed by atoms with Crippen LogP contribution in [0, 0.1) is 17.2 Å². The van der Waals surface area contributed by atoms with E-state index in [1.54, 1.807) is 0 Å². The Morgan fingerprint density at radius 1 is 1.57 bits per heavy atom. The van der Waals surface area contributed by atoms with Crippen molar-refractivity contribution < 1.29 is 22.7 Å². The summed E-state index contributed by atoms with van der Waals surface area (Å²) in [5.74, 6) is -2.21. The number of ether oxygens (including phenoxy) is 1. The van der Waals surface area contributed by atoms with Gasteiger partial charge in [-0.3, -0.25) is 4.79 Å². The lowest BCUT2D eigenvalue weighted by molar-refractivity contribution is -0.150. The topological polar surface area (TPSA) is 50.1 Å². The van der Waals surface area contributed by atoms with Crippen molar-refractivity contribution in [2.45, 2.75) is 25.9 Å². The van der Waals surface area contributed by atoms with Gasteiger partial charge in [-0.05, 0) is 13.3 Å². The lowest BCUT2D eigenvalue weighted by Gasteiger charge is -2.09. The van der Waals surface area contributed by atoms with E-state index in [-0.39, 0.29) is 6.61 Å². The summed E-state index contributed by atoms with van der Waals surface area (Å²) >= 11 is 0. The molecular weight excluding hydrogens is 199 g/mol. The standard InChI is InChI=1S/C8H10F3NO2/c1-2-14-7(13)6(5-12)3-4-8(9,10)11/h6H,2-4H2,1H3. The average molecular weight is 209 g/mol. The number of esters is 1. The number of alkyl halides is 3. The number of rotatable bonds is 4. The lowest BCUT2D eigenvalue weighted by atomic mass is 10.1. The molecule has 0 aliphatic heterocycles. The minimum atomic E-state index is -4.35. The molecule has 0 aromatic heterocycles. The Morgan fingerprint density at radius 3 is 2.50 bits per heavy atom. The summed E-state index contributed by atoms with van der Waals surface area (Å²) in [5, 5.41) is 8.40. The first-order chi connectivity index (χ1) is 6.40. The molecule has 0 amide bonds. The molecule has 0 aromatic carbocycles. The molecule has 0 bridgehead atoms. The third-order valence-corrected chi connectivity index (χ3v) is 1.44. The first kappa shape index (κ1) is 12.8. The summed E-state index contributed by atoms with van der Waals surface area (Å²) in [6.45, 7) is 1.58. The van der Waals surface area contributed by atoms with E-state index in [2.05, 4.69) is 4.74 Å². The zero-order valence-corrected chi connectivity index (χ0v) is 7.60. The number of carbonyl (C=O) groups is 1. The number of carbonyl (C=O) groups excluding carboxylic acids is 1. The van der Waals surface area contributed by atoms with Crippen LogP contribution in [0.3, 0.4) is 0 Å². The fourth-order valence-corrected chi connectivity index (χ4v) is 0.786. The molecule has 0 heterocycles. The predicted octanol–water partition coefficient (Wildman–Crippen LogP) is 2.03. The summed E-state index contributed by atoms with van der Waals surface area (Å²) in [4.78, 5) is 10.9. The fourth-order valence-electron chi connectivity index (χ4n) is 0.786. The Balaban J connectivity index is 4.05. The van der Waals surface area contributed by atoms with Gasteiger partial charge >= 0.3 is 12.1 Å². The highest BCUT2D eigenvalue weighted by Gasteiger charge is 2.30. The second kappa shape index (κ2) is 5.47. The monoisotopic (exact) mass is 209 g/mol. The number of nitrogens with zero attached hydrogens (tertiary/aromatic N) is 1. The van der Waals surface area contributed by atoms with Crippen molar-refractivity contribution in [2.24, 2.45) is 5.92 Å². The van der Waals surface area contributed by atoms with E-state index in [4.69, 9.17) is 5.26 Å². The Hall–Kier alpha value is -1.25. The van der Waals surface area contributed by atoms with Crippen molar-refractivity contribution in [3.05, 3.63) is 0 Å². The number of hydrogen-bond donors (Lipinski definition) is 0. The van der Waals surface area contributed by atoms with Crippen LogP contribution >= 0.6 is 0 Å². The molecule has 3 nitrogen and oxygen atoms in total. The molecule has 0 spiro atoms. The van der Waals surface area contributed by atoms with Crippen molar-refractivity contribution in [3.8, 4) is 6.07 Å². The van der Waals surface area contributed by atoms with Crippen molar-refractivity contribution >= 4 is 5.97 Å². The Labute approximate surface area is 79.5 Å². The normalized spacial score (nSPS) is 13.1. The minimum Gasteiger partial charge on any atom is -0.465 e. The van der Waals surface area contributed by atoms with Gasteiger partial charge in [-0.25, -0.2) is 0 Å². The van der Waals surface area contributed by atoms with Gasteiger partial charge in [-0.15, -0.1) is 0 Å². The van der Waals surface area contributed by atoms with Gasteiger partial charge < -0.3 is 4.74 Å². The Kier molecular flexibility index (Phi) is 4.99. The van der Waals surface area contributed by atoms with Crippen molar-refractivity contribution in [1.29, 1.82) is 5.26 Å². The van der Waals surface area contributed by atoms with Crippen LogP contribution < -0.4 is 0 Å². The molecule has 0 aliphatic carbocycles. The quantitative estimate of drug-likeness (QED) is 0.665. The maximum atomic E-state index is 11.7. The molecule has 14 heavy (non-hydrogen) atoms. The molecular formula is C8H10F3NO2. The van der Waals surface area contributed by atoms with E-state index in [0.29, 0.717) is 0 Å². The van der Waals surface area contributed by atoms with E-state index in [1.807, 2.05) is 0 Å². The predicted molar refractivity (Wildman–Crippen MR) is 41.0 cm³/mol. The van der Waals surface area contributed by atoms with Gasteiger partial charge in [0.05, 0.1) is 12.7 Å². The van der Waals surface area contributed by atoms with E-state index in [1.165, 1.54) is 13.0 Å². The third kappa shape index (κ3) is 5.41. The first-order valence-corrected chi connectivity index (χ1v) is 4.03. The van der Waals surface area contributed by atoms with E-state index in [9.17, 15) is 18.0 Å². The molecule has 0 aromatic rings. The molecule has 0 radical (unpaired) electrons. The zero-order chi connectivity index (χ0) is 11.2. The van der Waals surface area contributed by atoms with Gasteiger partial charge in [0.2, 0.25) is 0 Å². The van der Waals surface area contributed by atoms with Gasteiger partial charge in [0.1, 0.15) is 5.92 Å². The van der Waals surface area contributed by atoms with E-state index < -0.39 is 30.9 Å². The van der Waals surface area contributed by atoms with Crippen LogP contribution in [0.4, 0.5) is 13.2 Å². The highest BCUT2D eigenvalue weighted by molar-refractivity contribution is 5.75. The molecule has 0 saturated carbocycles. The molecule has 1 unspecified atom stereocenters. The molecule has 1 atom stereocenters. The van der Waals surface area contributed by atoms with Crippen LogP contribution in [0.2, 0.25) is 0 Å². The second-order valence-corrected chi connectivity index (χ2v) is 2.59. The average Bonchev–Trinajstić information content (AvgIpc) is 2.03. The third-order valence-electron chi connectivity index (χ3n) is 1.44. The molecule has 0 rings (SSSR count). The second-order valence-electron chi connectivity index (χ2n) is 2.59. The van der Waals surface area contributed by atoms with E-state index in [0.717, 1.165) is 0 Å². The zero-order valence-electron chi connectivity index (χ0n) is 7.60. The van der Waals surface area contributed by atoms with Crippen LogP contribution in [0.5, 0.6) is 0 Å². The number of hydrogen-bond acceptors (Lipinski definition) is 3. The molecule has 0 N–H and O–H groups in total. The number of halogens is 3. The molecule has 6 heteroatoms. The molecule has 0 aliphatic rings. The molecule has 80 valence electrons. The van der Waals surface area contributed by atoms with Crippen LogP contribution in [-0.2, 0) is 9.53 Å². The van der Waals surface area contributed by atoms with Gasteiger partial charge in [0.25, 0.3) is 0 Å². The summed E-state index contributed by atoms with van der Waals surface area (Å²) < 4.78 is 39.7. The Bertz CT molecular complexity index is 232. The van der Waals surface area contributed by atoms with Crippen molar-refractivity contribution in [1.82, 2.24) is 0 Å². The maximum absolute atomic E-state index is 11.7. The fraction of sp³-hybridized carbons (Fsp3) is 0.750. The largest absolute Gasteiger partial charge is 0.465 e. The van der Waals surface area contributed by atoms with Crippen molar-refractivity contribution in [3.63, 3.8) is 0 Å². The summed E-state index contributed by atoms with van der Waals surface area (Å²) in [7, 11) is 0. The highest BCUT2D eigenvalue weighted by Crippen LogP contribution is 2.24. The first-order valence-electron chi connectivity index (χ1n) is 4.03. The smallest absolute Gasteiger partial charge is 0.389 e. The van der Waals surface area contributed by atoms with Crippen LogP contribution in [-0.4, -0.2) is 18.8 Å². The van der Waals surface area contributed by atoms with Crippen LogP contribution in [0.15, 0.2) is 0 Å². The summed E-state index contributed by atoms with van der Waals surface area (Å²) in [5.41, 5.74) is 0. The summed E-state index contributed by atoms with van der Waals surface area (Å²) in [6.07, 6.45) is -6.04. The van der Waals surface area contributed by atoms with Gasteiger partial charge in [0.15, 0.2) is 0 Å². The van der Waals surface area contributed by atoms with Gasteiger partial charge in [0, 0.05) is 6.42 Å². The molecule has 0 saturated heterocycles. The highest BCUT2D eigenvalue weighted by atomic mass is 19.4. The van der Waals surface area contributed by atoms with Gasteiger partial charge in [-0.1, -0.05) is 0 Å². The number of nitriles is 1. The maximum Gasteiger partial charge on any atom is 0.389 e. The van der Waals surface area contributed by atoms with Crippen LogP contribution in [0.25, 0.3) is 0 Å². The Morgan fingerprint density at radius 2 is 2.14 bits per heavy atom. The van der Waals surface area contributed by atoms with Crippen molar-refractivity contribution in [2.75, 3.05) is 6.61 Å². The summed E-state index contributed by atoms with van der Waals surface area (Å²) in [6, 6.07) is 1.48. The van der Waals surface area contributed by atoms with Crippen LogP contribution in [0.1, 0.15) is 19.8 Å². The molecule has 0 fully saturated rings. The lowest BCUT2D eigenvalue weighted by Crippen LogP contribution is -2.19. The minimum absolute atomic E-state index is 0.0586. The van der Waals surface area contributed by atoms with E-state index >= 15 is 0 Å².